The molecule has 0 bridgehead atoms. The number of thiazole rings is 1. The average molecular weight is 251 g/mol. The van der Waals surface area contributed by atoms with Gasteiger partial charge >= 0.3 is 0 Å². The first-order valence-electron chi connectivity index (χ1n) is 3.39. The van der Waals surface area contributed by atoms with Gasteiger partial charge in [0.25, 0.3) is 14.6 Å². The number of fused-ring (bicyclic) bond motifs is 1. The second kappa shape index (κ2) is 3.04. The van der Waals surface area contributed by atoms with Crippen molar-refractivity contribution in [2.24, 2.45) is 0 Å². The Balaban J connectivity index is 2.92. The molecule has 8 heteroatoms. The smallest absolute Gasteiger partial charge is 0.294 e. The lowest BCUT2D eigenvalue weighted by atomic mass is 10.6. The molecule has 0 aliphatic rings. The van der Waals surface area contributed by atoms with E-state index in [0.29, 0.717) is 4.96 Å². The van der Waals surface area contributed by atoms with Gasteiger partial charge in [0, 0.05) is 28.5 Å². The first-order valence-corrected chi connectivity index (χ1v) is 6.58. The van der Waals surface area contributed by atoms with Crippen LogP contribution < -0.4 is 5.56 Å². The fourth-order valence-corrected chi connectivity index (χ4v) is 2.45. The Morgan fingerprint density at radius 3 is 2.86 bits per heavy atom. The standard InChI is InChI=1S/C6H3ClN2O3S2/c7-14(11,12)4-3-9-1-2-13-6(9)8-5(4)10/h1-3H. The molecule has 0 radical (unpaired) electrons. The Bertz CT molecular complexity index is 642. The molecule has 0 saturated carbocycles. The van der Waals surface area contributed by atoms with E-state index in [1.165, 1.54) is 15.7 Å². The number of halogens is 1. The molecule has 2 heterocycles. The summed E-state index contributed by atoms with van der Waals surface area (Å²) in [5.41, 5.74) is -0.831. The van der Waals surface area contributed by atoms with Gasteiger partial charge in [-0.2, -0.15) is 4.98 Å². The molecule has 0 aliphatic heterocycles. The van der Waals surface area contributed by atoms with Crippen LogP contribution in [0.25, 0.3) is 4.96 Å². The minimum atomic E-state index is -4.02. The molecule has 14 heavy (non-hydrogen) atoms. The maximum atomic E-state index is 11.2. The van der Waals surface area contributed by atoms with Crippen LogP contribution in [0.5, 0.6) is 0 Å². The topological polar surface area (TPSA) is 68.5 Å². The number of hydrogen-bond acceptors (Lipinski definition) is 5. The zero-order chi connectivity index (χ0) is 10.3. The predicted octanol–water partition coefficient (Wildman–Crippen LogP) is 0.683. The summed E-state index contributed by atoms with van der Waals surface area (Å²) in [5, 5.41) is 1.69. The first kappa shape index (κ1) is 9.63. The third kappa shape index (κ3) is 1.54. The highest BCUT2D eigenvalue weighted by molar-refractivity contribution is 8.13. The Morgan fingerprint density at radius 1 is 1.50 bits per heavy atom. The molecule has 0 fully saturated rings. The fourth-order valence-electron chi connectivity index (χ4n) is 0.955. The van der Waals surface area contributed by atoms with E-state index in [1.807, 2.05) is 0 Å². The van der Waals surface area contributed by atoms with Crippen LogP contribution in [-0.4, -0.2) is 17.8 Å². The lowest BCUT2D eigenvalue weighted by molar-refractivity contribution is 0.607. The zero-order valence-corrected chi connectivity index (χ0v) is 8.93. The molecule has 0 N–H and O–H groups in total. The van der Waals surface area contributed by atoms with E-state index >= 15 is 0 Å². The molecular formula is C6H3ClN2O3S2. The van der Waals surface area contributed by atoms with Crippen molar-refractivity contribution in [3.05, 3.63) is 28.1 Å². The predicted molar refractivity (Wildman–Crippen MR) is 52.4 cm³/mol. The van der Waals surface area contributed by atoms with E-state index in [0.717, 1.165) is 6.20 Å². The Labute approximate surface area is 87.0 Å². The molecule has 0 aliphatic carbocycles. The quantitative estimate of drug-likeness (QED) is 0.698. The fraction of sp³-hybridized carbons (Fsp3) is 0. The van der Waals surface area contributed by atoms with Crippen LogP contribution in [0.1, 0.15) is 0 Å². The summed E-state index contributed by atoms with van der Waals surface area (Å²) < 4.78 is 23.3. The molecule has 0 unspecified atom stereocenters. The molecule has 5 nitrogen and oxygen atoms in total. The zero-order valence-electron chi connectivity index (χ0n) is 6.55. The average Bonchev–Trinajstić information content (AvgIpc) is 2.47. The third-order valence-corrected chi connectivity index (χ3v) is 3.62. The second-order valence-corrected chi connectivity index (χ2v) is 5.85. The van der Waals surface area contributed by atoms with E-state index in [1.54, 1.807) is 11.6 Å². The van der Waals surface area contributed by atoms with Gasteiger partial charge in [0.2, 0.25) is 0 Å². The van der Waals surface area contributed by atoms with Crippen molar-refractivity contribution in [3.63, 3.8) is 0 Å². The van der Waals surface area contributed by atoms with Gasteiger partial charge in [0.1, 0.15) is 0 Å². The monoisotopic (exact) mass is 250 g/mol. The molecule has 2 aromatic rings. The van der Waals surface area contributed by atoms with E-state index in [2.05, 4.69) is 4.98 Å². The molecule has 0 amide bonds. The van der Waals surface area contributed by atoms with Crippen molar-refractivity contribution >= 4 is 36.0 Å². The van der Waals surface area contributed by atoms with Crippen LogP contribution in [-0.2, 0) is 9.05 Å². The van der Waals surface area contributed by atoms with Crippen molar-refractivity contribution in [3.8, 4) is 0 Å². The number of rotatable bonds is 1. The van der Waals surface area contributed by atoms with E-state index in [4.69, 9.17) is 10.7 Å². The lowest BCUT2D eigenvalue weighted by Gasteiger charge is -1.95. The highest BCUT2D eigenvalue weighted by atomic mass is 35.7. The third-order valence-electron chi connectivity index (χ3n) is 1.54. The number of hydrogen-bond donors (Lipinski definition) is 0. The minimum absolute atomic E-state index is 0.430. The summed E-state index contributed by atoms with van der Waals surface area (Å²) in [4.78, 5) is 14.7. The first-order chi connectivity index (χ1) is 6.48. The maximum Gasteiger partial charge on any atom is 0.294 e. The van der Waals surface area contributed by atoms with E-state index in [-0.39, 0.29) is 0 Å². The highest BCUT2D eigenvalue weighted by Gasteiger charge is 2.16. The molecule has 0 saturated heterocycles. The van der Waals surface area contributed by atoms with Gasteiger partial charge in [-0.15, -0.1) is 11.3 Å². The van der Waals surface area contributed by atoms with Crippen molar-refractivity contribution < 1.29 is 8.42 Å². The van der Waals surface area contributed by atoms with Crippen LogP contribution >= 0.6 is 22.0 Å². The molecular weight excluding hydrogens is 248 g/mol. The Morgan fingerprint density at radius 2 is 2.21 bits per heavy atom. The molecule has 0 aromatic carbocycles. The van der Waals surface area contributed by atoms with Gasteiger partial charge in [-0.25, -0.2) is 8.42 Å². The van der Waals surface area contributed by atoms with Gasteiger partial charge in [-0.1, -0.05) is 0 Å². The second-order valence-electron chi connectivity index (χ2n) is 2.44. The van der Waals surface area contributed by atoms with Gasteiger partial charge in [-0.05, 0) is 0 Å². The van der Waals surface area contributed by atoms with Crippen LogP contribution in [0.4, 0.5) is 0 Å². The van der Waals surface area contributed by atoms with Crippen molar-refractivity contribution in [2.75, 3.05) is 0 Å². The molecule has 2 rings (SSSR count). The van der Waals surface area contributed by atoms with Gasteiger partial charge in [0.15, 0.2) is 9.86 Å². The highest BCUT2D eigenvalue weighted by Crippen LogP contribution is 2.12. The largest absolute Gasteiger partial charge is 0.298 e. The molecule has 0 atom stereocenters. The summed E-state index contributed by atoms with van der Waals surface area (Å²) in [6.45, 7) is 0. The summed E-state index contributed by atoms with van der Waals surface area (Å²) in [5.74, 6) is 0. The van der Waals surface area contributed by atoms with Gasteiger partial charge in [-0.3, -0.25) is 9.20 Å². The summed E-state index contributed by atoms with van der Waals surface area (Å²) in [6, 6.07) is 0. The lowest BCUT2D eigenvalue weighted by Crippen LogP contribution is -2.15. The number of nitrogens with zero attached hydrogens (tertiary/aromatic N) is 2. The van der Waals surface area contributed by atoms with Crippen LogP contribution in [0.3, 0.4) is 0 Å². The Kier molecular flexibility index (Phi) is 2.09. The molecule has 0 spiro atoms. The van der Waals surface area contributed by atoms with Crippen LogP contribution in [0.15, 0.2) is 27.5 Å². The van der Waals surface area contributed by atoms with Crippen molar-refractivity contribution in [2.45, 2.75) is 4.90 Å². The molecule has 2 aromatic heterocycles. The van der Waals surface area contributed by atoms with Crippen LogP contribution in [0.2, 0.25) is 0 Å². The van der Waals surface area contributed by atoms with Gasteiger partial charge in [0.05, 0.1) is 0 Å². The van der Waals surface area contributed by atoms with E-state index < -0.39 is 19.5 Å². The van der Waals surface area contributed by atoms with Crippen LogP contribution in [0, 0.1) is 0 Å². The minimum Gasteiger partial charge on any atom is -0.298 e. The van der Waals surface area contributed by atoms with E-state index in [9.17, 15) is 13.2 Å². The normalized spacial score (nSPS) is 12.1. The summed E-state index contributed by atoms with van der Waals surface area (Å²) >= 11 is 1.23. The molecule has 74 valence electrons. The SMILES string of the molecule is O=c1nc2sccn2cc1S(=O)(=O)Cl. The van der Waals surface area contributed by atoms with Gasteiger partial charge < -0.3 is 0 Å². The Hall–Kier alpha value is -0.920. The summed E-state index contributed by atoms with van der Waals surface area (Å²) in [7, 11) is 1.03. The van der Waals surface area contributed by atoms with Crippen molar-refractivity contribution in [1.82, 2.24) is 9.38 Å². The number of aromatic nitrogens is 2. The summed E-state index contributed by atoms with van der Waals surface area (Å²) in [6.07, 6.45) is 2.75. The maximum absolute atomic E-state index is 11.2. The van der Waals surface area contributed by atoms with Crippen molar-refractivity contribution in [1.29, 1.82) is 0 Å².